The molecule has 0 saturated heterocycles. The second-order valence-electron chi connectivity index (χ2n) is 1.85. The van der Waals surface area contributed by atoms with Crippen molar-refractivity contribution in [2.24, 2.45) is 0 Å². The maximum Gasteiger partial charge on any atom is 0.0927 e. The highest BCUT2D eigenvalue weighted by atomic mass is 16.9. The number of hydroxylamine groups is 1. The van der Waals surface area contributed by atoms with E-state index in [1.807, 2.05) is 0 Å². The second-order valence-corrected chi connectivity index (χ2v) is 1.85. The van der Waals surface area contributed by atoms with Crippen LogP contribution in [0.1, 0.15) is 0 Å². The van der Waals surface area contributed by atoms with Crippen LogP contribution >= 0.6 is 0 Å². The van der Waals surface area contributed by atoms with Crippen molar-refractivity contribution in [3.05, 3.63) is 24.3 Å². The summed E-state index contributed by atoms with van der Waals surface area (Å²) in [5.41, 5.74) is 0. The lowest BCUT2D eigenvalue weighted by Gasteiger charge is -2.20. The van der Waals surface area contributed by atoms with Crippen LogP contribution in [0.2, 0.25) is 0 Å². The molecule has 1 aliphatic rings. The van der Waals surface area contributed by atoms with Crippen molar-refractivity contribution < 1.29 is 15.6 Å². The maximum atomic E-state index is 8.78. The molecule has 0 spiro atoms. The molecular formula is C5H8N2O3. The van der Waals surface area contributed by atoms with Crippen molar-refractivity contribution in [2.45, 2.75) is 6.04 Å². The van der Waals surface area contributed by atoms with Gasteiger partial charge in [-0.2, -0.15) is 0 Å². The molecule has 56 valence electrons. The Kier molecular flexibility index (Phi) is 2.15. The van der Waals surface area contributed by atoms with Gasteiger partial charge in [0.15, 0.2) is 0 Å². The summed E-state index contributed by atoms with van der Waals surface area (Å²) in [5, 5.41) is 25.2. The zero-order valence-electron chi connectivity index (χ0n) is 5.12. The molecule has 0 bridgehead atoms. The Hall–Kier alpha value is -0.720. The zero-order valence-corrected chi connectivity index (χ0v) is 5.12. The monoisotopic (exact) mass is 144 g/mol. The fourth-order valence-electron chi connectivity index (χ4n) is 0.693. The summed E-state index contributed by atoms with van der Waals surface area (Å²) in [6.07, 6.45) is 6.58. The molecule has 0 aromatic heterocycles. The Morgan fingerprint density at radius 3 is 1.90 bits per heavy atom. The zero-order chi connectivity index (χ0) is 7.56. The Labute approximate surface area is 57.5 Å². The predicted molar refractivity (Wildman–Crippen MR) is 31.1 cm³/mol. The molecule has 5 nitrogen and oxygen atoms in total. The lowest BCUT2D eigenvalue weighted by atomic mass is 10.3. The van der Waals surface area contributed by atoms with Crippen molar-refractivity contribution in [3.8, 4) is 0 Å². The van der Waals surface area contributed by atoms with Crippen LogP contribution in [0.15, 0.2) is 24.3 Å². The number of nitrogens with zero attached hydrogens (tertiary/aromatic N) is 2. The molecule has 0 fully saturated rings. The molecule has 0 heterocycles. The first-order valence-electron chi connectivity index (χ1n) is 2.72. The Balaban J connectivity index is 2.49. The normalized spacial score (nSPS) is 18.1. The fraction of sp³-hybridized carbons (Fsp3) is 0.200. The second kappa shape index (κ2) is 2.91. The molecule has 1 rings (SSSR count). The van der Waals surface area contributed by atoms with E-state index in [0.29, 0.717) is 0 Å². The van der Waals surface area contributed by atoms with Crippen LogP contribution in [0.4, 0.5) is 0 Å². The van der Waals surface area contributed by atoms with Gasteiger partial charge in [0.2, 0.25) is 0 Å². The van der Waals surface area contributed by atoms with Crippen molar-refractivity contribution in [2.75, 3.05) is 0 Å². The Morgan fingerprint density at radius 2 is 1.50 bits per heavy atom. The molecule has 1 aliphatic carbocycles. The van der Waals surface area contributed by atoms with E-state index in [-0.39, 0.29) is 10.5 Å². The van der Waals surface area contributed by atoms with E-state index < -0.39 is 6.04 Å². The molecule has 10 heavy (non-hydrogen) atoms. The number of rotatable bonds is 2. The smallest absolute Gasteiger partial charge is 0.0927 e. The van der Waals surface area contributed by atoms with Crippen LogP contribution in [0, 0.1) is 0 Å². The first-order valence-corrected chi connectivity index (χ1v) is 2.72. The number of hydrazine groups is 1. The van der Waals surface area contributed by atoms with E-state index >= 15 is 0 Å². The Morgan fingerprint density at radius 1 is 1.00 bits per heavy atom. The molecule has 3 N–H and O–H groups in total. The average molecular weight is 144 g/mol. The van der Waals surface area contributed by atoms with E-state index in [4.69, 9.17) is 15.6 Å². The predicted octanol–water partition coefficient (Wildman–Crippen LogP) is 0.168. The first kappa shape index (κ1) is 7.39. The summed E-state index contributed by atoms with van der Waals surface area (Å²) in [6, 6.07) is -0.491. The van der Waals surface area contributed by atoms with Gasteiger partial charge in [-0.3, -0.25) is 15.6 Å². The van der Waals surface area contributed by atoms with Gasteiger partial charge >= 0.3 is 0 Å². The highest BCUT2D eigenvalue weighted by molar-refractivity contribution is 5.20. The summed E-state index contributed by atoms with van der Waals surface area (Å²) < 4.78 is 0. The third-order valence-electron chi connectivity index (χ3n) is 1.18. The lowest BCUT2D eigenvalue weighted by molar-refractivity contribution is -0.497. The molecule has 0 aromatic carbocycles. The van der Waals surface area contributed by atoms with Crippen molar-refractivity contribution in [3.63, 3.8) is 0 Å². The van der Waals surface area contributed by atoms with E-state index in [1.54, 1.807) is 24.3 Å². The minimum Gasteiger partial charge on any atom is -0.294 e. The average Bonchev–Trinajstić information content (AvgIpc) is 2.36. The summed E-state index contributed by atoms with van der Waals surface area (Å²) in [5.74, 6) is 0. The standard InChI is InChI=1S/C5H8N2O3/c8-6(7(9)10)5-3-1-2-4-5/h1-5,8-10H. The van der Waals surface area contributed by atoms with Crippen LogP contribution in [0.5, 0.6) is 0 Å². The maximum absolute atomic E-state index is 8.78. The summed E-state index contributed by atoms with van der Waals surface area (Å²) in [7, 11) is 0. The van der Waals surface area contributed by atoms with Gasteiger partial charge in [0.25, 0.3) is 0 Å². The molecule has 0 atom stereocenters. The molecular weight excluding hydrogens is 136 g/mol. The minimum atomic E-state index is -0.491. The van der Waals surface area contributed by atoms with E-state index in [0.717, 1.165) is 0 Å². The van der Waals surface area contributed by atoms with Crippen LogP contribution in [0.3, 0.4) is 0 Å². The minimum absolute atomic E-state index is 0.278. The summed E-state index contributed by atoms with van der Waals surface area (Å²) in [4.78, 5) is 0. The quantitative estimate of drug-likeness (QED) is 0.482. The summed E-state index contributed by atoms with van der Waals surface area (Å²) >= 11 is 0. The van der Waals surface area contributed by atoms with Gasteiger partial charge in [-0.15, -0.1) is 0 Å². The fourth-order valence-corrected chi connectivity index (χ4v) is 0.693. The number of allylic oxidation sites excluding steroid dienone is 2. The summed E-state index contributed by atoms with van der Waals surface area (Å²) in [6.45, 7) is 0. The SMILES string of the molecule is ON(O)N(O)C1C=CC=C1. The highest BCUT2D eigenvalue weighted by Crippen LogP contribution is 2.06. The molecule has 0 radical (unpaired) electrons. The first-order chi connectivity index (χ1) is 4.72. The molecule has 0 unspecified atom stereocenters. The van der Waals surface area contributed by atoms with Gasteiger partial charge in [-0.25, -0.2) is 0 Å². The van der Waals surface area contributed by atoms with E-state index in [9.17, 15) is 0 Å². The van der Waals surface area contributed by atoms with Crippen LogP contribution in [-0.4, -0.2) is 32.2 Å². The van der Waals surface area contributed by atoms with Gasteiger partial charge in [-0.1, -0.05) is 29.5 Å². The van der Waals surface area contributed by atoms with Gasteiger partial charge in [-0.05, 0) is 0 Å². The van der Waals surface area contributed by atoms with Gasteiger partial charge in [0.1, 0.15) is 0 Å². The molecule has 0 aliphatic heterocycles. The van der Waals surface area contributed by atoms with Crippen molar-refractivity contribution in [1.29, 1.82) is 0 Å². The third kappa shape index (κ3) is 1.41. The van der Waals surface area contributed by atoms with E-state index in [2.05, 4.69) is 0 Å². The van der Waals surface area contributed by atoms with Gasteiger partial charge < -0.3 is 0 Å². The van der Waals surface area contributed by atoms with E-state index in [1.165, 1.54) is 0 Å². The van der Waals surface area contributed by atoms with Crippen LogP contribution in [-0.2, 0) is 0 Å². The Bertz CT molecular complexity index is 154. The molecule has 0 amide bonds. The lowest BCUT2D eigenvalue weighted by Crippen LogP contribution is -2.40. The topological polar surface area (TPSA) is 67.2 Å². The number of hydrogen-bond donors (Lipinski definition) is 3. The third-order valence-corrected chi connectivity index (χ3v) is 1.18. The van der Waals surface area contributed by atoms with Gasteiger partial charge in [0.05, 0.1) is 6.04 Å². The molecule has 0 saturated carbocycles. The molecule has 5 heteroatoms. The number of hydrogen-bond acceptors (Lipinski definition) is 5. The largest absolute Gasteiger partial charge is 0.294 e. The van der Waals surface area contributed by atoms with Crippen LogP contribution in [0.25, 0.3) is 0 Å². The molecule has 0 aromatic rings. The van der Waals surface area contributed by atoms with Crippen molar-refractivity contribution >= 4 is 0 Å². The highest BCUT2D eigenvalue weighted by Gasteiger charge is 2.16. The van der Waals surface area contributed by atoms with Crippen LogP contribution < -0.4 is 0 Å². The van der Waals surface area contributed by atoms with Crippen molar-refractivity contribution in [1.82, 2.24) is 10.5 Å². The van der Waals surface area contributed by atoms with Gasteiger partial charge in [0, 0.05) is 5.34 Å².